The zero-order valence-electron chi connectivity index (χ0n) is 11.6. The van der Waals surface area contributed by atoms with Crippen molar-refractivity contribution < 1.29 is 29.4 Å². The first-order valence-electron chi connectivity index (χ1n) is 6.92. The lowest BCUT2D eigenvalue weighted by molar-refractivity contribution is -0.147. The number of rotatable bonds is 8. The van der Waals surface area contributed by atoms with Gasteiger partial charge in [0.1, 0.15) is 6.04 Å². The highest BCUT2D eigenvalue weighted by Gasteiger charge is 2.24. The molecule has 1 fully saturated rings. The third kappa shape index (κ3) is 6.24. The molecule has 21 heavy (non-hydrogen) atoms. The zero-order chi connectivity index (χ0) is 15.8. The van der Waals surface area contributed by atoms with E-state index in [4.69, 9.17) is 10.2 Å². The molecule has 0 bridgehead atoms. The molecule has 8 nitrogen and oxygen atoms in total. The third-order valence-corrected chi connectivity index (χ3v) is 3.39. The average Bonchev–Trinajstić information content (AvgIpc) is 2.91. The summed E-state index contributed by atoms with van der Waals surface area (Å²) in [6, 6.07) is -1.46. The molecule has 1 saturated carbocycles. The lowest BCUT2D eigenvalue weighted by atomic mass is 10.1. The Labute approximate surface area is 121 Å². The summed E-state index contributed by atoms with van der Waals surface area (Å²) >= 11 is 0. The summed E-state index contributed by atoms with van der Waals surface area (Å²) in [4.78, 5) is 44.5. The van der Waals surface area contributed by atoms with E-state index in [0.29, 0.717) is 0 Å². The van der Waals surface area contributed by atoms with Crippen LogP contribution in [0, 0.1) is 5.92 Å². The summed E-state index contributed by atoms with van der Waals surface area (Å²) in [6.45, 7) is 0.112. The Balaban J connectivity index is 2.27. The molecular weight excluding hydrogens is 280 g/mol. The number of amides is 2. The summed E-state index contributed by atoms with van der Waals surface area (Å²) < 4.78 is 0. The SMILES string of the molecule is O=C(O)C[C@@H](NC(=O)CCNC(=O)C1CCCC1)C(=O)O. The summed E-state index contributed by atoms with van der Waals surface area (Å²) in [5.41, 5.74) is 0. The molecule has 1 rings (SSSR count). The van der Waals surface area contributed by atoms with Crippen molar-refractivity contribution in [2.24, 2.45) is 5.92 Å². The first kappa shape index (κ1) is 16.9. The van der Waals surface area contributed by atoms with E-state index >= 15 is 0 Å². The maximum Gasteiger partial charge on any atom is 0.326 e. The molecule has 0 spiro atoms. The average molecular weight is 300 g/mol. The number of carbonyl (C=O) groups is 4. The molecular formula is C13H20N2O6. The highest BCUT2D eigenvalue weighted by molar-refractivity contribution is 5.87. The number of carbonyl (C=O) groups excluding carboxylic acids is 2. The fraction of sp³-hybridized carbons (Fsp3) is 0.692. The van der Waals surface area contributed by atoms with Gasteiger partial charge in [0.2, 0.25) is 11.8 Å². The largest absolute Gasteiger partial charge is 0.481 e. The van der Waals surface area contributed by atoms with E-state index in [1.54, 1.807) is 0 Å². The van der Waals surface area contributed by atoms with Gasteiger partial charge in [0, 0.05) is 18.9 Å². The predicted molar refractivity (Wildman–Crippen MR) is 71.4 cm³/mol. The number of hydrogen-bond donors (Lipinski definition) is 4. The number of carboxylic acid groups (broad SMARTS) is 2. The molecule has 1 atom stereocenters. The van der Waals surface area contributed by atoms with E-state index in [2.05, 4.69) is 10.6 Å². The minimum Gasteiger partial charge on any atom is -0.481 e. The van der Waals surface area contributed by atoms with Crippen LogP contribution in [0.4, 0.5) is 0 Å². The summed E-state index contributed by atoms with van der Waals surface area (Å²) in [6.07, 6.45) is 3.02. The molecule has 4 N–H and O–H groups in total. The third-order valence-electron chi connectivity index (χ3n) is 3.39. The second kappa shape index (κ2) is 8.23. The van der Waals surface area contributed by atoms with E-state index in [1.807, 2.05) is 0 Å². The molecule has 0 unspecified atom stereocenters. The van der Waals surface area contributed by atoms with Crippen LogP contribution in [-0.4, -0.2) is 46.6 Å². The van der Waals surface area contributed by atoms with Crippen LogP contribution in [-0.2, 0) is 19.2 Å². The normalized spacial score (nSPS) is 16.2. The van der Waals surface area contributed by atoms with Gasteiger partial charge in [-0.3, -0.25) is 14.4 Å². The molecule has 0 saturated heterocycles. The number of nitrogens with one attached hydrogen (secondary N) is 2. The van der Waals surface area contributed by atoms with Crippen molar-refractivity contribution >= 4 is 23.8 Å². The highest BCUT2D eigenvalue weighted by Crippen LogP contribution is 2.24. The monoisotopic (exact) mass is 300 g/mol. The minimum absolute atomic E-state index is 0.00633. The molecule has 0 heterocycles. The Morgan fingerprint density at radius 1 is 1.10 bits per heavy atom. The maximum absolute atomic E-state index is 11.7. The van der Waals surface area contributed by atoms with Crippen molar-refractivity contribution in [2.75, 3.05) is 6.54 Å². The molecule has 8 heteroatoms. The molecule has 0 aromatic heterocycles. The van der Waals surface area contributed by atoms with Crippen molar-refractivity contribution in [1.82, 2.24) is 10.6 Å². The Morgan fingerprint density at radius 3 is 2.24 bits per heavy atom. The Bertz CT molecular complexity index is 417. The molecule has 0 aliphatic heterocycles. The van der Waals surface area contributed by atoms with Crippen LogP contribution < -0.4 is 10.6 Å². The van der Waals surface area contributed by atoms with Gasteiger partial charge in [-0.15, -0.1) is 0 Å². The zero-order valence-corrected chi connectivity index (χ0v) is 11.6. The van der Waals surface area contributed by atoms with Crippen LogP contribution in [0.15, 0.2) is 0 Å². The van der Waals surface area contributed by atoms with E-state index in [1.165, 1.54) is 0 Å². The lowest BCUT2D eigenvalue weighted by Crippen LogP contribution is -2.43. The molecule has 2 amide bonds. The van der Waals surface area contributed by atoms with Crippen molar-refractivity contribution in [3.05, 3.63) is 0 Å². The smallest absolute Gasteiger partial charge is 0.326 e. The second-order valence-electron chi connectivity index (χ2n) is 5.08. The first-order valence-corrected chi connectivity index (χ1v) is 6.92. The standard InChI is InChI=1S/C13H20N2O6/c16-10(15-9(13(20)21)7-11(17)18)5-6-14-12(19)8-3-1-2-4-8/h8-9H,1-7H2,(H,14,19)(H,15,16)(H,17,18)(H,20,21)/t9-/m1/s1. The minimum atomic E-state index is -1.46. The van der Waals surface area contributed by atoms with Crippen LogP contribution >= 0.6 is 0 Å². The van der Waals surface area contributed by atoms with Crippen LogP contribution in [0.3, 0.4) is 0 Å². The van der Waals surface area contributed by atoms with Gasteiger partial charge in [0.05, 0.1) is 6.42 Å². The van der Waals surface area contributed by atoms with E-state index in [-0.39, 0.29) is 24.8 Å². The fourth-order valence-corrected chi connectivity index (χ4v) is 2.27. The van der Waals surface area contributed by atoms with Gasteiger partial charge in [-0.05, 0) is 12.8 Å². The van der Waals surface area contributed by atoms with Crippen LogP contribution in [0.25, 0.3) is 0 Å². The Hall–Kier alpha value is -2.12. The summed E-state index contributed by atoms with van der Waals surface area (Å²) in [7, 11) is 0. The van der Waals surface area contributed by atoms with E-state index < -0.39 is 30.3 Å². The van der Waals surface area contributed by atoms with Gasteiger partial charge >= 0.3 is 11.9 Å². The van der Waals surface area contributed by atoms with Gasteiger partial charge < -0.3 is 20.8 Å². The molecule has 118 valence electrons. The summed E-state index contributed by atoms with van der Waals surface area (Å²) in [5, 5.41) is 22.1. The molecule has 1 aliphatic rings. The Morgan fingerprint density at radius 2 is 1.71 bits per heavy atom. The predicted octanol–water partition coefficient (Wildman–Crippen LogP) is -0.273. The van der Waals surface area contributed by atoms with Gasteiger partial charge in [-0.1, -0.05) is 12.8 Å². The quantitative estimate of drug-likeness (QED) is 0.487. The van der Waals surface area contributed by atoms with Gasteiger partial charge in [-0.25, -0.2) is 4.79 Å². The Kier molecular flexibility index (Phi) is 6.64. The number of hydrogen-bond acceptors (Lipinski definition) is 4. The van der Waals surface area contributed by atoms with Crippen molar-refractivity contribution in [2.45, 2.75) is 44.6 Å². The second-order valence-corrected chi connectivity index (χ2v) is 5.08. The molecule has 1 aliphatic carbocycles. The lowest BCUT2D eigenvalue weighted by Gasteiger charge is -2.13. The van der Waals surface area contributed by atoms with Gasteiger partial charge in [0.25, 0.3) is 0 Å². The van der Waals surface area contributed by atoms with Crippen molar-refractivity contribution in [3.8, 4) is 0 Å². The first-order chi connectivity index (χ1) is 9.90. The van der Waals surface area contributed by atoms with E-state index in [0.717, 1.165) is 25.7 Å². The van der Waals surface area contributed by atoms with Crippen LogP contribution in [0.1, 0.15) is 38.5 Å². The number of aliphatic carboxylic acids is 2. The maximum atomic E-state index is 11.7. The van der Waals surface area contributed by atoms with Crippen molar-refractivity contribution in [1.29, 1.82) is 0 Å². The summed E-state index contributed by atoms with van der Waals surface area (Å²) in [5.74, 6) is -3.39. The molecule has 0 aromatic rings. The molecule has 0 aromatic carbocycles. The fourth-order valence-electron chi connectivity index (χ4n) is 2.27. The van der Waals surface area contributed by atoms with E-state index in [9.17, 15) is 19.2 Å². The number of carboxylic acids is 2. The molecule has 0 radical (unpaired) electrons. The van der Waals surface area contributed by atoms with Gasteiger partial charge in [-0.2, -0.15) is 0 Å². The van der Waals surface area contributed by atoms with Crippen LogP contribution in [0.2, 0.25) is 0 Å². The van der Waals surface area contributed by atoms with Gasteiger partial charge in [0.15, 0.2) is 0 Å². The highest BCUT2D eigenvalue weighted by atomic mass is 16.4. The van der Waals surface area contributed by atoms with Crippen LogP contribution in [0.5, 0.6) is 0 Å². The topological polar surface area (TPSA) is 133 Å². The van der Waals surface area contributed by atoms with Crippen molar-refractivity contribution in [3.63, 3.8) is 0 Å².